The highest BCUT2D eigenvalue weighted by molar-refractivity contribution is 7.80. The highest BCUT2D eigenvalue weighted by atomic mass is 32.1. The van der Waals surface area contributed by atoms with Gasteiger partial charge in [0.05, 0.1) is 12.3 Å². The molecule has 0 aliphatic heterocycles. The molecule has 1 rings (SSSR count). The maximum atomic E-state index is 5.60. The summed E-state index contributed by atoms with van der Waals surface area (Å²) in [6.07, 6.45) is 2.16. The summed E-state index contributed by atoms with van der Waals surface area (Å²) >= 11 is 4.78. The molecule has 0 aliphatic carbocycles. The predicted octanol–water partition coefficient (Wildman–Crippen LogP) is 2.52. The number of nitrogens with one attached hydrogen (secondary N) is 1. The van der Waals surface area contributed by atoms with Gasteiger partial charge in [0.1, 0.15) is 5.75 Å². The van der Waals surface area contributed by atoms with Crippen molar-refractivity contribution in [3.8, 4) is 5.75 Å². The quantitative estimate of drug-likeness (QED) is 0.596. The lowest BCUT2D eigenvalue weighted by molar-refractivity contribution is 0.311. The van der Waals surface area contributed by atoms with E-state index in [4.69, 9.17) is 22.7 Å². The monoisotopic (exact) mass is 224 g/mol. The van der Waals surface area contributed by atoms with Gasteiger partial charge in [-0.1, -0.05) is 25.5 Å². The van der Waals surface area contributed by atoms with Crippen LogP contribution in [0.5, 0.6) is 5.75 Å². The van der Waals surface area contributed by atoms with Gasteiger partial charge in [0, 0.05) is 0 Å². The topological polar surface area (TPSA) is 47.3 Å². The Labute approximate surface area is 95.6 Å². The number of hydrogen-bond donors (Lipinski definition) is 2. The van der Waals surface area contributed by atoms with Gasteiger partial charge in [-0.05, 0) is 30.8 Å². The Morgan fingerprint density at radius 2 is 2.20 bits per heavy atom. The summed E-state index contributed by atoms with van der Waals surface area (Å²) in [6.45, 7) is 2.84. The number of thiocarbonyl (C=S) groups is 1. The van der Waals surface area contributed by atoms with E-state index in [0.29, 0.717) is 6.61 Å². The summed E-state index contributed by atoms with van der Waals surface area (Å²) in [6, 6.07) is 7.62. The van der Waals surface area contributed by atoms with Crippen molar-refractivity contribution in [3.63, 3.8) is 0 Å². The van der Waals surface area contributed by atoms with Crippen molar-refractivity contribution in [2.75, 3.05) is 11.9 Å². The number of nitrogens with two attached hydrogens (primary N) is 1. The minimum atomic E-state index is 0.251. The molecule has 0 unspecified atom stereocenters. The first-order chi connectivity index (χ1) is 7.24. The van der Waals surface area contributed by atoms with Gasteiger partial charge in [-0.25, -0.2) is 0 Å². The van der Waals surface area contributed by atoms with Gasteiger partial charge in [-0.15, -0.1) is 0 Å². The first-order valence-electron chi connectivity index (χ1n) is 5.02. The van der Waals surface area contributed by atoms with Crippen LogP contribution in [-0.2, 0) is 0 Å². The van der Waals surface area contributed by atoms with E-state index in [-0.39, 0.29) is 5.11 Å². The molecule has 0 saturated carbocycles. The minimum Gasteiger partial charge on any atom is -0.491 e. The zero-order valence-electron chi connectivity index (χ0n) is 8.82. The molecule has 0 spiro atoms. The summed E-state index contributed by atoms with van der Waals surface area (Å²) in [5.74, 6) is 0.791. The zero-order valence-corrected chi connectivity index (χ0v) is 9.64. The van der Waals surface area contributed by atoms with Gasteiger partial charge in [0.2, 0.25) is 0 Å². The van der Waals surface area contributed by atoms with Gasteiger partial charge >= 0.3 is 0 Å². The number of unbranched alkanes of at least 4 members (excludes halogenated alkanes) is 1. The van der Waals surface area contributed by atoms with E-state index < -0.39 is 0 Å². The lowest BCUT2D eigenvalue weighted by atomic mass is 10.3. The van der Waals surface area contributed by atoms with Crippen molar-refractivity contribution in [3.05, 3.63) is 24.3 Å². The molecule has 15 heavy (non-hydrogen) atoms. The lowest BCUT2D eigenvalue weighted by Crippen LogP contribution is -2.19. The molecular formula is C11H16N2OS. The van der Waals surface area contributed by atoms with Crippen molar-refractivity contribution in [1.29, 1.82) is 0 Å². The van der Waals surface area contributed by atoms with Gasteiger partial charge in [0.25, 0.3) is 0 Å². The Hall–Kier alpha value is -1.29. The van der Waals surface area contributed by atoms with Crippen molar-refractivity contribution < 1.29 is 4.74 Å². The van der Waals surface area contributed by atoms with Crippen LogP contribution in [-0.4, -0.2) is 11.7 Å². The van der Waals surface area contributed by atoms with Crippen LogP contribution < -0.4 is 15.8 Å². The maximum Gasteiger partial charge on any atom is 0.168 e. The van der Waals surface area contributed by atoms with Crippen molar-refractivity contribution >= 4 is 23.0 Å². The summed E-state index contributed by atoms with van der Waals surface area (Å²) < 4.78 is 5.60. The normalized spacial score (nSPS) is 9.67. The molecule has 0 bridgehead atoms. The van der Waals surface area contributed by atoms with E-state index in [0.717, 1.165) is 24.3 Å². The number of anilines is 1. The highest BCUT2D eigenvalue weighted by Crippen LogP contribution is 2.23. The molecule has 0 aromatic heterocycles. The molecule has 0 heterocycles. The van der Waals surface area contributed by atoms with Gasteiger partial charge in [-0.3, -0.25) is 0 Å². The fourth-order valence-electron chi connectivity index (χ4n) is 1.15. The van der Waals surface area contributed by atoms with E-state index in [1.165, 1.54) is 0 Å². The second-order valence-corrected chi connectivity index (χ2v) is 3.63. The van der Waals surface area contributed by atoms with E-state index in [9.17, 15) is 0 Å². The van der Waals surface area contributed by atoms with E-state index in [2.05, 4.69) is 12.2 Å². The number of hydrogen-bond acceptors (Lipinski definition) is 2. The highest BCUT2D eigenvalue weighted by Gasteiger charge is 2.02. The Bertz CT molecular complexity index is 328. The predicted molar refractivity (Wildman–Crippen MR) is 67.3 cm³/mol. The third-order valence-corrected chi connectivity index (χ3v) is 2.00. The minimum absolute atomic E-state index is 0.251. The average molecular weight is 224 g/mol. The van der Waals surface area contributed by atoms with E-state index in [1.807, 2.05) is 24.3 Å². The van der Waals surface area contributed by atoms with Crippen molar-refractivity contribution in [2.24, 2.45) is 5.73 Å². The largest absolute Gasteiger partial charge is 0.491 e. The molecule has 82 valence electrons. The molecule has 0 fully saturated rings. The van der Waals surface area contributed by atoms with Crippen molar-refractivity contribution in [1.82, 2.24) is 0 Å². The summed E-state index contributed by atoms with van der Waals surface area (Å²) in [4.78, 5) is 0. The van der Waals surface area contributed by atoms with Crippen LogP contribution in [0.15, 0.2) is 24.3 Å². The molecule has 1 aromatic carbocycles. The third-order valence-electron chi connectivity index (χ3n) is 1.90. The molecule has 3 N–H and O–H groups in total. The van der Waals surface area contributed by atoms with E-state index in [1.54, 1.807) is 0 Å². The van der Waals surface area contributed by atoms with Crippen LogP contribution in [0.25, 0.3) is 0 Å². The average Bonchev–Trinajstić information content (AvgIpc) is 2.20. The third kappa shape index (κ3) is 4.16. The molecule has 3 nitrogen and oxygen atoms in total. The van der Waals surface area contributed by atoms with E-state index >= 15 is 0 Å². The zero-order chi connectivity index (χ0) is 11.1. The van der Waals surface area contributed by atoms with Crippen LogP contribution in [0.1, 0.15) is 19.8 Å². The summed E-state index contributed by atoms with van der Waals surface area (Å²) in [5.41, 5.74) is 6.23. The summed E-state index contributed by atoms with van der Waals surface area (Å²) in [5, 5.41) is 3.14. The Morgan fingerprint density at radius 1 is 1.47 bits per heavy atom. The molecule has 0 atom stereocenters. The molecule has 1 aromatic rings. The van der Waals surface area contributed by atoms with Crippen LogP contribution in [0.2, 0.25) is 0 Å². The molecular weight excluding hydrogens is 208 g/mol. The van der Waals surface area contributed by atoms with Crippen molar-refractivity contribution in [2.45, 2.75) is 19.8 Å². The van der Waals surface area contributed by atoms with Gasteiger partial charge < -0.3 is 15.8 Å². The number of ether oxygens (including phenoxy) is 1. The number of benzene rings is 1. The van der Waals surface area contributed by atoms with Gasteiger partial charge in [0.15, 0.2) is 5.11 Å². The smallest absolute Gasteiger partial charge is 0.168 e. The molecule has 4 heteroatoms. The van der Waals surface area contributed by atoms with Crippen LogP contribution in [0.3, 0.4) is 0 Å². The fourth-order valence-corrected chi connectivity index (χ4v) is 1.26. The lowest BCUT2D eigenvalue weighted by Gasteiger charge is -2.11. The fraction of sp³-hybridized carbons (Fsp3) is 0.364. The van der Waals surface area contributed by atoms with Crippen LogP contribution >= 0.6 is 12.2 Å². The number of rotatable bonds is 5. The summed E-state index contributed by atoms with van der Waals surface area (Å²) in [7, 11) is 0. The molecule has 0 aliphatic rings. The molecule has 0 saturated heterocycles. The second kappa shape index (κ2) is 6.24. The maximum absolute atomic E-state index is 5.60. The standard InChI is InChI=1S/C11H16N2OS/c1-2-3-8-14-10-7-5-4-6-9(10)13-11(12)15/h4-7H,2-3,8H2,1H3,(H3,12,13,15). The first kappa shape index (κ1) is 11.8. The van der Waals surface area contributed by atoms with Crippen LogP contribution in [0, 0.1) is 0 Å². The molecule has 0 amide bonds. The Morgan fingerprint density at radius 3 is 2.87 bits per heavy atom. The van der Waals surface area contributed by atoms with Crippen LogP contribution in [0.4, 0.5) is 5.69 Å². The first-order valence-corrected chi connectivity index (χ1v) is 5.43. The Kier molecular flexibility index (Phi) is 4.90. The molecule has 0 radical (unpaired) electrons. The Balaban J connectivity index is 2.64. The number of para-hydroxylation sites is 2. The van der Waals surface area contributed by atoms with Gasteiger partial charge in [-0.2, -0.15) is 0 Å². The SMILES string of the molecule is CCCCOc1ccccc1NC(N)=S. The second-order valence-electron chi connectivity index (χ2n) is 3.19.